The molecular weight excluding hydrogens is 376 g/mol. The highest BCUT2D eigenvalue weighted by Gasteiger charge is 2.19. The van der Waals surface area contributed by atoms with E-state index in [0.29, 0.717) is 16.4 Å². The first-order valence-electron chi connectivity index (χ1n) is 7.86. The third-order valence-electron chi connectivity index (χ3n) is 3.43. The molecule has 0 aliphatic heterocycles. The van der Waals surface area contributed by atoms with Crippen LogP contribution in [0.3, 0.4) is 0 Å². The fraction of sp³-hybridized carbons (Fsp3) is 0.222. The largest absolute Gasteiger partial charge is 0.326 e. The van der Waals surface area contributed by atoms with Crippen molar-refractivity contribution in [3.05, 3.63) is 53.6 Å². The summed E-state index contributed by atoms with van der Waals surface area (Å²) in [5.74, 6) is -1.71. The van der Waals surface area contributed by atoms with E-state index in [1.54, 1.807) is 38.1 Å². The summed E-state index contributed by atoms with van der Waals surface area (Å²) < 4.78 is 24.5. The first-order valence-corrected chi connectivity index (χ1v) is 9.89. The Morgan fingerprint density at radius 2 is 1.58 bits per heavy atom. The molecule has 0 aromatic heterocycles. The summed E-state index contributed by atoms with van der Waals surface area (Å²) >= 11 is 5.74. The molecule has 0 atom stereocenters. The second-order valence-electron chi connectivity index (χ2n) is 5.99. The number of amides is 2. The van der Waals surface area contributed by atoms with Gasteiger partial charge in [-0.2, -0.15) is 0 Å². The van der Waals surface area contributed by atoms with Crippen LogP contribution in [0.2, 0.25) is 5.02 Å². The molecule has 2 aromatic carbocycles. The SMILES string of the molecule is CC(C)C(=O)Nc1cccc(NC(=O)CS(=O)(=O)c2ccc(Cl)cc2)c1. The fourth-order valence-corrected chi connectivity index (χ4v) is 3.32. The zero-order valence-electron chi connectivity index (χ0n) is 14.3. The molecule has 2 rings (SSSR count). The van der Waals surface area contributed by atoms with E-state index >= 15 is 0 Å². The fourth-order valence-electron chi connectivity index (χ4n) is 2.06. The molecule has 0 aliphatic rings. The van der Waals surface area contributed by atoms with Gasteiger partial charge in [0, 0.05) is 22.3 Å². The molecule has 6 nitrogen and oxygen atoms in total. The number of anilines is 2. The van der Waals surface area contributed by atoms with Crippen molar-refractivity contribution in [1.82, 2.24) is 0 Å². The van der Waals surface area contributed by atoms with Gasteiger partial charge in [-0.05, 0) is 42.5 Å². The van der Waals surface area contributed by atoms with E-state index in [-0.39, 0.29) is 16.7 Å². The Balaban J connectivity index is 2.05. The summed E-state index contributed by atoms with van der Waals surface area (Å²) in [6, 6.07) is 12.1. The van der Waals surface area contributed by atoms with Gasteiger partial charge in [0.15, 0.2) is 9.84 Å². The summed E-state index contributed by atoms with van der Waals surface area (Å²) in [7, 11) is -3.78. The predicted molar refractivity (Wildman–Crippen MR) is 102 cm³/mol. The summed E-state index contributed by atoms with van der Waals surface area (Å²) in [6.45, 7) is 3.53. The van der Waals surface area contributed by atoms with Gasteiger partial charge in [0.05, 0.1) is 4.90 Å². The normalized spacial score (nSPS) is 11.2. The molecule has 0 fully saturated rings. The molecule has 0 heterocycles. The highest BCUT2D eigenvalue weighted by molar-refractivity contribution is 7.92. The van der Waals surface area contributed by atoms with E-state index in [1.807, 2.05) is 0 Å². The number of nitrogens with one attached hydrogen (secondary N) is 2. The number of hydrogen-bond acceptors (Lipinski definition) is 4. The van der Waals surface area contributed by atoms with Crippen molar-refractivity contribution in [3.63, 3.8) is 0 Å². The Morgan fingerprint density at radius 1 is 1.00 bits per heavy atom. The lowest BCUT2D eigenvalue weighted by atomic mass is 10.2. The lowest BCUT2D eigenvalue weighted by Crippen LogP contribution is -2.23. The van der Waals surface area contributed by atoms with Gasteiger partial charge in [0.2, 0.25) is 11.8 Å². The van der Waals surface area contributed by atoms with Crippen LogP contribution < -0.4 is 10.6 Å². The zero-order valence-corrected chi connectivity index (χ0v) is 15.9. The smallest absolute Gasteiger partial charge is 0.239 e. The first-order chi connectivity index (χ1) is 12.2. The molecule has 138 valence electrons. The van der Waals surface area contributed by atoms with Crippen molar-refractivity contribution in [1.29, 1.82) is 0 Å². The average molecular weight is 395 g/mol. The summed E-state index contributed by atoms with van der Waals surface area (Å²) in [5, 5.41) is 5.65. The third kappa shape index (κ3) is 5.57. The highest BCUT2D eigenvalue weighted by Crippen LogP contribution is 2.18. The van der Waals surface area contributed by atoms with Crippen LogP contribution in [0.25, 0.3) is 0 Å². The van der Waals surface area contributed by atoms with E-state index in [4.69, 9.17) is 11.6 Å². The molecule has 0 saturated carbocycles. The van der Waals surface area contributed by atoms with Crippen LogP contribution >= 0.6 is 11.6 Å². The lowest BCUT2D eigenvalue weighted by Gasteiger charge is -2.10. The number of benzene rings is 2. The minimum absolute atomic E-state index is 0.0231. The molecular formula is C18H19ClN2O4S. The van der Waals surface area contributed by atoms with Gasteiger partial charge in [-0.3, -0.25) is 9.59 Å². The van der Waals surface area contributed by atoms with Crippen molar-refractivity contribution < 1.29 is 18.0 Å². The molecule has 2 aromatic rings. The number of carbonyl (C=O) groups excluding carboxylic acids is 2. The van der Waals surface area contributed by atoms with Gasteiger partial charge in [-0.25, -0.2) is 8.42 Å². The maximum atomic E-state index is 12.3. The first kappa shape index (κ1) is 19.9. The van der Waals surface area contributed by atoms with Crippen molar-refractivity contribution in [3.8, 4) is 0 Å². The molecule has 0 radical (unpaired) electrons. The maximum Gasteiger partial charge on any atom is 0.239 e. The Morgan fingerprint density at radius 3 is 2.15 bits per heavy atom. The topological polar surface area (TPSA) is 92.3 Å². The summed E-state index contributed by atoms with van der Waals surface area (Å²) in [6.07, 6.45) is 0. The minimum atomic E-state index is -3.78. The van der Waals surface area contributed by atoms with Crippen LogP contribution in [0.5, 0.6) is 0 Å². The quantitative estimate of drug-likeness (QED) is 0.785. The van der Waals surface area contributed by atoms with Gasteiger partial charge in [-0.1, -0.05) is 31.5 Å². The lowest BCUT2D eigenvalue weighted by molar-refractivity contribution is -0.119. The van der Waals surface area contributed by atoms with Gasteiger partial charge in [0.1, 0.15) is 5.75 Å². The van der Waals surface area contributed by atoms with Crippen LogP contribution in [-0.2, 0) is 19.4 Å². The molecule has 26 heavy (non-hydrogen) atoms. The zero-order chi connectivity index (χ0) is 19.3. The van der Waals surface area contributed by atoms with Gasteiger partial charge < -0.3 is 10.6 Å². The van der Waals surface area contributed by atoms with E-state index in [2.05, 4.69) is 10.6 Å². The maximum absolute atomic E-state index is 12.3. The van der Waals surface area contributed by atoms with Crippen LogP contribution in [0.4, 0.5) is 11.4 Å². The minimum Gasteiger partial charge on any atom is -0.326 e. The van der Waals surface area contributed by atoms with Crippen LogP contribution in [0, 0.1) is 5.92 Å². The van der Waals surface area contributed by atoms with Crippen molar-refractivity contribution in [2.75, 3.05) is 16.4 Å². The molecule has 0 aliphatic carbocycles. The number of carbonyl (C=O) groups is 2. The number of sulfone groups is 1. The second-order valence-corrected chi connectivity index (χ2v) is 8.41. The van der Waals surface area contributed by atoms with E-state index < -0.39 is 21.5 Å². The van der Waals surface area contributed by atoms with Gasteiger partial charge in [-0.15, -0.1) is 0 Å². The monoisotopic (exact) mass is 394 g/mol. The van der Waals surface area contributed by atoms with Crippen molar-refractivity contribution >= 4 is 44.6 Å². The van der Waals surface area contributed by atoms with E-state index in [0.717, 1.165) is 0 Å². The van der Waals surface area contributed by atoms with Crippen LogP contribution in [0.15, 0.2) is 53.4 Å². The number of hydrogen-bond donors (Lipinski definition) is 2. The standard InChI is InChI=1S/C18H19ClN2O4S/c1-12(2)18(23)21-15-5-3-4-14(10-15)20-17(22)11-26(24,25)16-8-6-13(19)7-9-16/h3-10,12H,11H2,1-2H3,(H,20,22)(H,21,23). The third-order valence-corrected chi connectivity index (χ3v) is 5.32. The molecule has 0 bridgehead atoms. The molecule has 0 spiro atoms. The molecule has 0 unspecified atom stereocenters. The summed E-state index contributed by atoms with van der Waals surface area (Å²) in [5.41, 5.74) is 0.907. The van der Waals surface area contributed by atoms with E-state index in [9.17, 15) is 18.0 Å². The highest BCUT2D eigenvalue weighted by atomic mass is 35.5. The molecule has 2 amide bonds. The van der Waals surface area contributed by atoms with Crippen molar-refractivity contribution in [2.45, 2.75) is 18.7 Å². The Hall–Kier alpha value is -2.38. The average Bonchev–Trinajstić information content (AvgIpc) is 2.54. The molecule has 0 saturated heterocycles. The van der Waals surface area contributed by atoms with Gasteiger partial charge >= 0.3 is 0 Å². The second kappa shape index (κ2) is 8.33. The Bertz CT molecular complexity index is 909. The summed E-state index contributed by atoms with van der Waals surface area (Å²) in [4.78, 5) is 23.9. The number of halogens is 1. The van der Waals surface area contributed by atoms with Crippen LogP contribution in [0.1, 0.15) is 13.8 Å². The Kier molecular flexibility index (Phi) is 6.39. The van der Waals surface area contributed by atoms with E-state index in [1.165, 1.54) is 24.3 Å². The number of rotatable bonds is 6. The molecule has 8 heteroatoms. The van der Waals surface area contributed by atoms with Crippen molar-refractivity contribution in [2.24, 2.45) is 5.92 Å². The van der Waals surface area contributed by atoms with Crippen LogP contribution in [-0.4, -0.2) is 26.0 Å². The molecule has 2 N–H and O–H groups in total. The van der Waals surface area contributed by atoms with Gasteiger partial charge in [0.25, 0.3) is 0 Å². The Labute approximate surface area is 157 Å². The predicted octanol–water partition coefficient (Wildman–Crippen LogP) is 3.35.